The van der Waals surface area contributed by atoms with Crippen LogP contribution in [0.1, 0.15) is 27.5 Å². The smallest absolute Gasteiger partial charge is 0.257 e. The standard InChI is InChI=1S/C22H20BrClN4O2/c23-15-10-11-19(27-22(30)16-8-4-5-9-18(16)24)17(12-15)21(26-13-20(29)28-25)14-6-2-1-3-7-14/h1-12,21,26H,13,25H2,(H,27,30)(H,28,29)/t21-/m0/s1. The Labute approximate surface area is 187 Å². The molecule has 1 atom stereocenters. The van der Waals surface area contributed by atoms with E-state index in [-0.39, 0.29) is 24.4 Å². The normalized spacial score (nSPS) is 11.6. The number of carbonyl (C=O) groups is 2. The highest BCUT2D eigenvalue weighted by atomic mass is 79.9. The summed E-state index contributed by atoms with van der Waals surface area (Å²) in [6, 6.07) is 21.6. The highest BCUT2D eigenvalue weighted by Crippen LogP contribution is 2.32. The summed E-state index contributed by atoms with van der Waals surface area (Å²) in [5, 5.41) is 6.51. The van der Waals surface area contributed by atoms with Gasteiger partial charge < -0.3 is 5.32 Å². The summed E-state index contributed by atoms with van der Waals surface area (Å²) in [6.07, 6.45) is 0. The van der Waals surface area contributed by atoms with E-state index in [9.17, 15) is 9.59 Å². The van der Waals surface area contributed by atoms with Crippen LogP contribution >= 0.6 is 27.5 Å². The Bertz CT molecular complexity index is 1050. The minimum absolute atomic E-state index is 0.000470. The van der Waals surface area contributed by atoms with Crippen LogP contribution in [-0.4, -0.2) is 18.4 Å². The quantitative estimate of drug-likeness (QED) is 0.230. The molecule has 0 fully saturated rings. The molecule has 6 nitrogen and oxygen atoms in total. The Morgan fingerprint density at radius 1 is 1.00 bits per heavy atom. The minimum Gasteiger partial charge on any atom is -0.322 e. The Morgan fingerprint density at radius 3 is 2.40 bits per heavy atom. The maximum absolute atomic E-state index is 12.8. The summed E-state index contributed by atoms with van der Waals surface area (Å²) in [5.41, 5.74) is 4.79. The largest absolute Gasteiger partial charge is 0.322 e. The van der Waals surface area contributed by atoms with Gasteiger partial charge in [-0.25, -0.2) is 5.84 Å². The third kappa shape index (κ3) is 5.46. The van der Waals surface area contributed by atoms with Gasteiger partial charge in [0.15, 0.2) is 0 Å². The van der Waals surface area contributed by atoms with E-state index in [4.69, 9.17) is 17.4 Å². The van der Waals surface area contributed by atoms with Crippen molar-refractivity contribution in [3.05, 3.63) is 99.0 Å². The van der Waals surface area contributed by atoms with Crippen molar-refractivity contribution in [3.8, 4) is 0 Å². The summed E-state index contributed by atoms with van der Waals surface area (Å²) in [7, 11) is 0. The van der Waals surface area contributed by atoms with Crippen molar-refractivity contribution in [3.63, 3.8) is 0 Å². The lowest BCUT2D eigenvalue weighted by molar-refractivity contribution is -0.120. The molecule has 3 rings (SSSR count). The molecule has 0 heterocycles. The van der Waals surface area contributed by atoms with Crippen molar-refractivity contribution in [1.29, 1.82) is 0 Å². The van der Waals surface area contributed by atoms with E-state index in [1.165, 1.54) is 0 Å². The van der Waals surface area contributed by atoms with Gasteiger partial charge in [-0.05, 0) is 41.5 Å². The summed E-state index contributed by atoms with van der Waals surface area (Å²) < 4.78 is 0.833. The number of anilines is 1. The van der Waals surface area contributed by atoms with Gasteiger partial charge in [-0.3, -0.25) is 20.3 Å². The Kier molecular flexibility index (Phi) is 7.59. The molecule has 0 aliphatic rings. The number of hydrogen-bond acceptors (Lipinski definition) is 4. The highest BCUT2D eigenvalue weighted by molar-refractivity contribution is 9.10. The van der Waals surface area contributed by atoms with Gasteiger partial charge in [0.05, 0.1) is 23.2 Å². The van der Waals surface area contributed by atoms with Crippen molar-refractivity contribution in [2.24, 2.45) is 5.84 Å². The summed E-state index contributed by atoms with van der Waals surface area (Å²) >= 11 is 9.67. The predicted octanol–water partition coefficient (Wildman–Crippen LogP) is 4.02. The molecule has 0 saturated carbocycles. The van der Waals surface area contributed by atoms with Gasteiger partial charge in [0.25, 0.3) is 5.91 Å². The molecule has 154 valence electrons. The fraction of sp³-hybridized carbons (Fsp3) is 0.0909. The monoisotopic (exact) mass is 486 g/mol. The van der Waals surface area contributed by atoms with Crippen molar-refractivity contribution < 1.29 is 9.59 Å². The molecule has 0 spiro atoms. The second kappa shape index (κ2) is 10.4. The molecule has 2 amide bonds. The number of benzene rings is 3. The number of hydrogen-bond donors (Lipinski definition) is 4. The summed E-state index contributed by atoms with van der Waals surface area (Å²) in [6.45, 7) is 0.000470. The molecule has 0 unspecified atom stereocenters. The zero-order chi connectivity index (χ0) is 21.5. The van der Waals surface area contributed by atoms with Crippen LogP contribution in [0.25, 0.3) is 0 Å². The van der Waals surface area contributed by atoms with Crippen LogP contribution in [0.5, 0.6) is 0 Å². The number of carbonyl (C=O) groups excluding carboxylic acids is 2. The lowest BCUT2D eigenvalue weighted by Gasteiger charge is -2.23. The van der Waals surface area contributed by atoms with Crippen LogP contribution in [-0.2, 0) is 4.79 Å². The average Bonchev–Trinajstić information content (AvgIpc) is 2.76. The number of hydrazine groups is 1. The summed E-state index contributed by atoms with van der Waals surface area (Å²) in [4.78, 5) is 24.6. The first-order valence-electron chi connectivity index (χ1n) is 9.12. The van der Waals surface area contributed by atoms with Crippen molar-refractivity contribution in [1.82, 2.24) is 10.7 Å². The van der Waals surface area contributed by atoms with Crippen LogP contribution < -0.4 is 21.9 Å². The zero-order valence-electron chi connectivity index (χ0n) is 15.9. The van der Waals surface area contributed by atoms with E-state index in [1.807, 2.05) is 42.5 Å². The molecule has 3 aromatic rings. The van der Waals surface area contributed by atoms with Crippen molar-refractivity contribution >= 4 is 45.0 Å². The fourth-order valence-electron chi connectivity index (χ4n) is 3.02. The second-order valence-corrected chi connectivity index (χ2v) is 7.78. The Hall–Kier alpha value is -2.71. The number of amides is 2. The SMILES string of the molecule is NNC(=O)CN[C@@H](c1ccccc1)c1cc(Br)ccc1NC(=O)c1ccccc1Cl. The van der Waals surface area contributed by atoms with E-state index in [0.29, 0.717) is 16.3 Å². The van der Waals surface area contributed by atoms with Gasteiger partial charge in [0.2, 0.25) is 5.91 Å². The first-order chi connectivity index (χ1) is 14.5. The molecule has 0 bridgehead atoms. The number of halogens is 2. The molecule has 0 aliphatic heterocycles. The molecule has 5 N–H and O–H groups in total. The Balaban J connectivity index is 1.99. The van der Waals surface area contributed by atoms with E-state index in [1.54, 1.807) is 30.3 Å². The molecular formula is C22H20BrClN4O2. The molecule has 0 aromatic heterocycles. The zero-order valence-corrected chi connectivity index (χ0v) is 18.2. The van der Waals surface area contributed by atoms with Gasteiger partial charge in [-0.1, -0.05) is 70.0 Å². The van der Waals surface area contributed by atoms with E-state index in [2.05, 4.69) is 32.0 Å². The molecule has 0 aliphatic carbocycles. The van der Waals surface area contributed by atoms with E-state index < -0.39 is 0 Å². The molecular weight excluding hydrogens is 468 g/mol. The van der Waals surface area contributed by atoms with Crippen molar-refractivity contribution in [2.75, 3.05) is 11.9 Å². The van der Waals surface area contributed by atoms with Crippen molar-refractivity contribution in [2.45, 2.75) is 6.04 Å². The number of rotatable bonds is 7. The number of nitrogens with one attached hydrogen (secondary N) is 3. The molecule has 30 heavy (non-hydrogen) atoms. The van der Waals surface area contributed by atoms with Gasteiger partial charge in [-0.15, -0.1) is 0 Å². The summed E-state index contributed by atoms with van der Waals surface area (Å²) in [5.74, 6) is 4.54. The van der Waals surface area contributed by atoms with Gasteiger partial charge in [0.1, 0.15) is 0 Å². The van der Waals surface area contributed by atoms with Crippen LogP contribution in [0, 0.1) is 0 Å². The second-order valence-electron chi connectivity index (χ2n) is 6.46. The van der Waals surface area contributed by atoms with Gasteiger partial charge in [0, 0.05) is 10.2 Å². The third-order valence-corrected chi connectivity index (χ3v) is 5.27. The number of nitrogens with two attached hydrogens (primary N) is 1. The minimum atomic E-state index is -0.373. The average molecular weight is 488 g/mol. The highest BCUT2D eigenvalue weighted by Gasteiger charge is 2.20. The first-order valence-corrected chi connectivity index (χ1v) is 10.3. The first kappa shape index (κ1) is 22.0. The van der Waals surface area contributed by atoms with Gasteiger partial charge in [-0.2, -0.15) is 0 Å². The molecule has 8 heteroatoms. The molecule has 3 aromatic carbocycles. The third-order valence-electron chi connectivity index (χ3n) is 4.45. The molecule has 0 saturated heterocycles. The van der Waals surface area contributed by atoms with Crippen LogP contribution in [0.2, 0.25) is 5.02 Å². The lowest BCUT2D eigenvalue weighted by atomic mass is 9.96. The van der Waals surface area contributed by atoms with E-state index in [0.717, 1.165) is 15.6 Å². The van der Waals surface area contributed by atoms with E-state index >= 15 is 0 Å². The van der Waals surface area contributed by atoms with Gasteiger partial charge >= 0.3 is 0 Å². The van der Waals surface area contributed by atoms with Crippen LogP contribution in [0.4, 0.5) is 5.69 Å². The Morgan fingerprint density at radius 2 is 1.70 bits per heavy atom. The molecule has 0 radical (unpaired) electrons. The van der Waals surface area contributed by atoms with Crippen LogP contribution in [0.15, 0.2) is 77.3 Å². The predicted molar refractivity (Wildman–Crippen MR) is 122 cm³/mol. The topological polar surface area (TPSA) is 96.2 Å². The maximum atomic E-state index is 12.8. The fourth-order valence-corrected chi connectivity index (χ4v) is 3.62. The maximum Gasteiger partial charge on any atom is 0.257 e. The van der Waals surface area contributed by atoms with Crippen LogP contribution in [0.3, 0.4) is 0 Å². The lowest BCUT2D eigenvalue weighted by Crippen LogP contribution is -2.39.